The summed E-state index contributed by atoms with van der Waals surface area (Å²) in [5, 5.41) is 58.4. The molecule has 130 valence electrons. The van der Waals surface area contributed by atoms with Crippen molar-refractivity contribution in [2.24, 2.45) is 0 Å². The Labute approximate surface area is 133 Å². The zero-order valence-corrected chi connectivity index (χ0v) is 12.6. The minimum absolute atomic E-state index is 0.0729. The molecule has 0 saturated carbocycles. The van der Waals surface area contributed by atoms with E-state index in [0.717, 1.165) is 0 Å². The topological polar surface area (TPSA) is 140 Å². The lowest BCUT2D eigenvalue weighted by Crippen LogP contribution is -2.58. The largest absolute Gasteiger partial charge is 0.504 e. The second kappa shape index (κ2) is 7.43. The van der Waals surface area contributed by atoms with Crippen LogP contribution in [0.3, 0.4) is 0 Å². The van der Waals surface area contributed by atoms with Crippen molar-refractivity contribution in [1.29, 1.82) is 0 Å². The molecule has 1 fully saturated rings. The van der Waals surface area contributed by atoms with Crippen LogP contribution in [0.2, 0.25) is 0 Å². The highest BCUT2D eigenvalue weighted by molar-refractivity contribution is 5.42. The zero-order valence-electron chi connectivity index (χ0n) is 12.6. The monoisotopic (exact) mass is 330 g/mol. The Morgan fingerprint density at radius 3 is 2.39 bits per heavy atom. The molecule has 2 rings (SSSR count). The van der Waals surface area contributed by atoms with Gasteiger partial charge in [0.15, 0.2) is 11.5 Å². The summed E-state index contributed by atoms with van der Waals surface area (Å²) < 4.78 is 10.3. The number of methoxy groups -OCH3 is 1. The quantitative estimate of drug-likeness (QED) is 0.390. The molecule has 1 saturated heterocycles. The molecule has 6 atom stereocenters. The Morgan fingerprint density at radius 2 is 1.78 bits per heavy atom. The number of ether oxygens (including phenoxy) is 2. The predicted molar refractivity (Wildman–Crippen MR) is 78.0 cm³/mol. The molecule has 1 heterocycles. The van der Waals surface area contributed by atoms with Crippen LogP contribution < -0.4 is 4.74 Å². The van der Waals surface area contributed by atoms with E-state index in [-0.39, 0.29) is 17.9 Å². The Hall–Kier alpha value is -1.42. The summed E-state index contributed by atoms with van der Waals surface area (Å²) in [4.78, 5) is 0. The maximum atomic E-state index is 10.3. The van der Waals surface area contributed by atoms with Crippen LogP contribution in [-0.4, -0.2) is 74.9 Å². The first-order chi connectivity index (χ1) is 10.9. The van der Waals surface area contributed by atoms with Crippen LogP contribution in [0, 0.1) is 0 Å². The van der Waals surface area contributed by atoms with E-state index in [2.05, 4.69) is 0 Å². The summed E-state index contributed by atoms with van der Waals surface area (Å²) >= 11 is 0. The molecule has 0 bridgehead atoms. The first-order valence-corrected chi connectivity index (χ1v) is 7.24. The molecule has 1 aliphatic rings. The molecule has 23 heavy (non-hydrogen) atoms. The number of phenolic OH excluding ortho intramolecular Hbond substituents is 1. The average Bonchev–Trinajstić information content (AvgIpc) is 2.55. The highest BCUT2D eigenvalue weighted by atomic mass is 16.5. The first-order valence-electron chi connectivity index (χ1n) is 7.24. The number of aliphatic hydroxyl groups is 5. The van der Waals surface area contributed by atoms with Gasteiger partial charge in [-0.05, 0) is 17.7 Å². The van der Waals surface area contributed by atoms with E-state index in [1.807, 2.05) is 0 Å². The molecular formula is C15H22O8. The van der Waals surface area contributed by atoms with Crippen molar-refractivity contribution in [2.45, 2.75) is 43.0 Å². The molecule has 0 aliphatic carbocycles. The number of aromatic hydroxyl groups is 1. The molecule has 2 unspecified atom stereocenters. The molecule has 1 aliphatic heterocycles. The van der Waals surface area contributed by atoms with Crippen LogP contribution in [0.4, 0.5) is 0 Å². The van der Waals surface area contributed by atoms with Crippen molar-refractivity contribution in [2.75, 3.05) is 13.7 Å². The number of phenols is 1. The summed E-state index contributed by atoms with van der Waals surface area (Å²) in [6, 6.07) is 4.31. The fourth-order valence-corrected chi connectivity index (χ4v) is 2.63. The second-order valence-electron chi connectivity index (χ2n) is 5.55. The minimum atomic E-state index is -1.48. The van der Waals surface area contributed by atoms with Gasteiger partial charge in [-0.1, -0.05) is 6.07 Å². The Morgan fingerprint density at radius 1 is 1.13 bits per heavy atom. The van der Waals surface area contributed by atoms with Gasteiger partial charge in [-0.3, -0.25) is 0 Å². The van der Waals surface area contributed by atoms with Gasteiger partial charge in [0.2, 0.25) is 0 Å². The molecule has 0 radical (unpaired) electrons. The van der Waals surface area contributed by atoms with E-state index in [4.69, 9.17) is 14.6 Å². The van der Waals surface area contributed by atoms with Gasteiger partial charge in [0.25, 0.3) is 0 Å². The summed E-state index contributed by atoms with van der Waals surface area (Å²) in [5.74, 6) is 0.117. The Balaban J connectivity index is 2.11. The van der Waals surface area contributed by atoms with Crippen LogP contribution in [0.5, 0.6) is 11.5 Å². The normalized spacial score (nSPS) is 32.5. The van der Waals surface area contributed by atoms with E-state index in [1.54, 1.807) is 0 Å². The fourth-order valence-electron chi connectivity index (χ4n) is 2.63. The fraction of sp³-hybridized carbons (Fsp3) is 0.600. The molecule has 6 N–H and O–H groups in total. The van der Waals surface area contributed by atoms with Gasteiger partial charge in [-0.2, -0.15) is 0 Å². The van der Waals surface area contributed by atoms with Crippen LogP contribution in [0.25, 0.3) is 0 Å². The van der Waals surface area contributed by atoms with Crippen molar-refractivity contribution in [3.8, 4) is 11.5 Å². The Kier molecular flexibility index (Phi) is 5.79. The van der Waals surface area contributed by atoms with Crippen molar-refractivity contribution in [1.82, 2.24) is 0 Å². The molecular weight excluding hydrogens is 308 g/mol. The number of rotatable bonds is 5. The van der Waals surface area contributed by atoms with Crippen LogP contribution in [-0.2, 0) is 4.74 Å². The highest BCUT2D eigenvalue weighted by Crippen LogP contribution is 2.32. The third-order valence-corrected chi connectivity index (χ3v) is 4.04. The minimum Gasteiger partial charge on any atom is -0.504 e. The van der Waals surface area contributed by atoms with Gasteiger partial charge < -0.3 is 40.1 Å². The molecule has 0 amide bonds. The van der Waals surface area contributed by atoms with Crippen molar-refractivity contribution < 1.29 is 40.1 Å². The van der Waals surface area contributed by atoms with Crippen molar-refractivity contribution >= 4 is 0 Å². The highest BCUT2D eigenvalue weighted by Gasteiger charge is 2.43. The molecule has 8 nitrogen and oxygen atoms in total. The van der Waals surface area contributed by atoms with Crippen LogP contribution in [0.15, 0.2) is 18.2 Å². The van der Waals surface area contributed by atoms with Gasteiger partial charge in [0.05, 0.1) is 25.9 Å². The standard InChI is InChI=1S/C15H22O8/c1-22-10-4-7(2-3-8(10)17)9(18)5-11-13(19)15(21)14(20)12(6-16)23-11/h2-4,9,11-21H,5-6H2,1H3/t9?,11?,12-,13-,14-,15-/m1/s1. The third kappa shape index (κ3) is 3.74. The second-order valence-corrected chi connectivity index (χ2v) is 5.55. The number of hydrogen-bond donors (Lipinski definition) is 6. The summed E-state index contributed by atoms with van der Waals surface area (Å²) in [6.07, 6.45) is -7.44. The summed E-state index contributed by atoms with van der Waals surface area (Å²) in [6.45, 7) is -0.523. The van der Waals surface area contributed by atoms with Gasteiger partial charge in [0, 0.05) is 6.42 Å². The molecule has 1 aromatic rings. The van der Waals surface area contributed by atoms with Gasteiger partial charge in [0.1, 0.15) is 24.4 Å². The van der Waals surface area contributed by atoms with Crippen molar-refractivity contribution in [3.63, 3.8) is 0 Å². The Bertz CT molecular complexity index is 520. The van der Waals surface area contributed by atoms with Gasteiger partial charge >= 0.3 is 0 Å². The summed E-state index contributed by atoms with van der Waals surface area (Å²) in [7, 11) is 1.38. The predicted octanol–water partition coefficient (Wildman–Crippen LogP) is -1.33. The van der Waals surface area contributed by atoms with Gasteiger partial charge in [-0.25, -0.2) is 0 Å². The van der Waals surface area contributed by atoms with Crippen LogP contribution >= 0.6 is 0 Å². The molecule has 8 heteroatoms. The smallest absolute Gasteiger partial charge is 0.160 e. The van der Waals surface area contributed by atoms with E-state index in [9.17, 15) is 25.5 Å². The van der Waals surface area contributed by atoms with E-state index >= 15 is 0 Å². The SMILES string of the molecule is COc1cc(C(O)CC2O[C@H](CO)[C@@H](O)[C@H](O)[C@@H]2O)ccc1O. The van der Waals surface area contributed by atoms with Crippen molar-refractivity contribution in [3.05, 3.63) is 23.8 Å². The zero-order chi connectivity index (χ0) is 17.1. The molecule has 1 aromatic carbocycles. The number of aliphatic hydroxyl groups excluding tert-OH is 5. The lowest BCUT2D eigenvalue weighted by Gasteiger charge is -2.40. The van der Waals surface area contributed by atoms with E-state index in [1.165, 1.54) is 25.3 Å². The first kappa shape index (κ1) is 17.9. The maximum absolute atomic E-state index is 10.3. The van der Waals surface area contributed by atoms with E-state index in [0.29, 0.717) is 5.56 Å². The lowest BCUT2D eigenvalue weighted by molar-refractivity contribution is -0.234. The number of hydrogen-bond acceptors (Lipinski definition) is 8. The maximum Gasteiger partial charge on any atom is 0.160 e. The van der Waals surface area contributed by atoms with Crippen LogP contribution in [0.1, 0.15) is 18.1 Å². The van der Waals surface area contributed by atoms with Gasteiger partial charge in [-0.15, -0.1) is 0 Å². The number of benzene rings is 1. The summed E-state index contributed by atoms with van der Waals surface area (Å²) in [5.41, 5.74) is 0.427. The third-order valence-electron chi connectivity index (χ3n) is 4.04. The lowest BCUT2D eigenvalue weighted by atomic mass is 9.91. The van der Waals surface area contributed by atoms with E-state index < -0.39 is 43.2 Å². The molecule has 0 spiro atoms. The molecule has 0 aromatic heterocycles. The average molecular weight is 330 g/mol.